The molecule has 0 N–H and O–H groups in total. The smallest absolute Gasteiger partial charge is 0.122 e. The molecule has 2 aromatic rings. The molecule has 3 rings (SSSR count). The first-order valence-electron chi connectivity index (χ1n) is 6.72. The number of pyridine rings is 1. The van der Waals surface area contributed by atoms with Gasteiger partial charge in [-0.1, -0.05) is 36.4 Å². The van der Waals surface area contributed by atoms with Gasteiger partial charge in [0, 0.05) is 28.0 Å². The number of fused-ring (bicyclic) bond motifs is 1. The number of aliphatic imine (C=N–C) groups is 2. The summed E-state index contributed by atoms with van der Waals surface area (Å²) in [5, 5.41) is 1.45. The fourth-order valence-corrected chi connectivity index (χ4v) is 2.96. The Morgan fingerprint density at radius 1 is 1.14 bits per heavy atom. The van der Waals surface area contributed by atoms with Crippen LogP contribution in [-0.4, -0.2) is 22.0 Å². The van der Waals surface area contributed by atoms with Gasteiger partial charge in [0.25, 0.3) is 0 Å². The minimum atomic E-state index is 0.635. The van der Waals surface area contributed by atoms with Crippen molar-refractivity contribution in [2.45, 2.75) is 6.92 Å². The Balaban J connectivity index is 2.29. The molecule has 0 aliphatic carbocycles. The Labute approximate surface area is 138 Å². The summed E-state index contributed by atoms with van der Waals surface area (Å²) in [4.78, 5) is 13.7. The lowest BCUT2D eigenvalue weighted by atomic mass is 10.0. The first kappa shape index (κ1) is 15.0. The van der Waals surface area contributed by atoms with Gasteiger partial charge in [0.15, 0.2) is 0 Å². The first-order chi connectivity index (χ1) is 10.6. The number of hydrogen-bond donors (Lipinski definition) is 0. The monoisotopic (exact) mass is 327 g/mol. The summed E-state index contributed by atoms with van der Waals surface area (Å²) < 4.78 is 0. The molecule has 3 nitrogen and oxygen atoms in total. The van der Waals surface area contributed by atoms with Gasteiger partial charge in [0.1, 0.15) is 5.04 Å². The molecule has 0 saturated heterocycles. The SMILES string of the molecule is C=C1N=C(c2ccccc2Cl)c2cnc(C)cc2N=C1SC. The van der Waals surface area contributed by atoms with Crippen molar-refractivity contribution in [3.05, 3.63) is 70.6 Å². The second kappa shape index (κ2) is 6.07. The maximum absolute atomic E-state index is 6.35. The van der Waals surface area contributed by atoms with E-state index in [0.717, 1.165) is 33.3 Å². The Kier molecular flexibility index (Phi) is 4.14. The van der Waals surface area contributed by atoms with Crippen molar-refractivity contribution >= 4 is 39.8 Å². The van der Waals surface area contributed by atoms with Crippen LogP contribution in [0.2, 0.25) is 5.02 Å². The number of thioether (sulfide) groups is 1. The second-order valence-electron chi connectivity index (χ2n) is 4.85. The van der Waals surface area contributed by atoms with Gasteiger partial charge in [-0.2, -0.15) is 0 Å². The molecule has 2 heterocycles. The van der Waals surface area contributed by atoms with Gasteiger partial charge in [-0.05, 0) is 25.3 Å². The molecule has 1 aliphatic rings. The fraction of sp³-hybridized carbons (Fsp3) is 0.118. The van der Waals surface area contributed by atoms with Gasteiger partial charge in [-0.25, -0.2) is 9.98 Å². The van der Waals surface area contributed by atoms with Gasteiger partial charge in [-0.15, -0.1) is 11.8 Å². The van der Waals surface area contributed by atoms with Crippen LogP contribution in [-0.2, 0) is 0 Å². The predicted molar refractivity (Wildman–Crippen MR) is 95.8 cm³/mol. The molecule has 1 aromatic carbocycles. The molecule has 0 fully saturated rings. The minimum Gasteiger partial charge on any atom is -0.261 e. The van der Waals surface area contributed by atoms with Crippen LogP contribution in [0.1, 0.15) is 16.8 Å². The Morgan fingerprint density at radius 2 is 1.91 bits per heavy atom. The normalized spacial score (nSPS) is 14.0. The highest BCUT2D eigenvalue weighted by Crippen LogP contribution is 2.31. The van der Waals surface area contributed by atoms with Crippen molar-refractivity contribution in [3.8, 4) is 0 Å². The van der Waals surface area contributed by atoms with E-state index in [1.165, 1.54) is 11.8 Å². The maximum Gasteiger partial charge on any atom is 0.122 e. The molecule has 1 aliphatic heterocycles. The number of hydrogen-bond acceptors (Lipinski definition) is 4. The number of aryl methyl sites for hydroxylation is 1. The van der Waals surface area contributed by atoms with Crippen LogP contribution in [0.3, 0.4) is 0 Å². The largest absolute Gasteiger partial charge is 0.261 e. The van der Waals surface area contributed by atoms with E-state index in [1.807, 2.05) is 43.5 Å². The molecule has 0 unspecified atom stereocenters. The molecule has 0 amide bonds. The van der Waals surface area contributed by atoms with Gasteiger partial charge in [-0.3, -0.25) is 4.98 Å². The van der Waals surface area contributed by atoms with E-state index in [2.05, 4.69) is 21.5 Å². The topological polar surface area (TPSA) is 37.6 Å². The van der Waals surface area contributed by atoms with Crippen molar-refractivity contribution < 1.29 is 0 Å². The Bertz CT molecular complexity index is 824. The molecule has 22 heavy (non-hydrogen) atoms. The lowest BCUT2D eigenvalue weighted by molar-refractivity contribution is 1.19. The standard InChI is InChI=1S/C17H14ClN3S/c1-10-8-15-13(9-19-10)16(12-6-4-5-7-14(12)18)20-11(2)17(21-15)22-3/h4-9H,2H2,1,3H3. The highest BCUT2D eigenvalue weighted by Gasteiger charge is 2.20. The molecule has 0 saturated carbocycles. The molecular formula is C17H14ClN3S. The molecule has 0 atom stereocenters. The van der Waals surface area contributed by atoms with E-state index in [0.29, 0.717) is 10.7 Å². The van der Waals surface area contributed by atoms with Crippen molar-refractivity contribution in [3.63, 3.8) is 0 Å². The fourth-order valence-electron chi connectivity index (χ4n) is 2.26. The average molecular weight is 328 g/mol. The number of halogens is 1. The third-order valence-corrected chi connectivity index (χ3v) is 4.36. The van der Waals surface area contributed by atoms with Gasteiger partial charge >= 0.3 is 0 Å². The molecule has 0 bridgehead atoms. The molecule has 1 aromatic heterocycles. The van der Waals surface area contributed by atoms with Crippen LogP contribution in [0.4, 0.5) is 5.69 Å². The summed E-state index contributed by atoms with van der Waals surface area (Å²) in [6.45, 7) is 5.98. The van der Waals surface area contributed by atoms with Crippen molar-refractivity contribution in [1.82, 2.24) is 4.98 Å². The van der Waals surface area contributed by atoms with Crippen LogP contribution in [0.15, 0.2) is 58.8 Å². The number of aromatic nitrogens is 1. The third kappa shape index (κ3) is 2.72. The predicted octanol–water partition coefficient (Wildman–Crippen LogP) is 4.80. The Hall–Kier alpha value is -1.91. The molecule has 5 heteroatoms. The summed E-state index contributed by atoms with van der Waals surface area (Å²) in [6, 6.07) is 9.59. The van der Waals surface area contributed by atoms with Crippen LogP contribution in [0.25, 0.3) is 0 Å². The minimum absolute atomic E-state index is 0.635. The zero-order valence-corrected chi connectivity index (χ0v) is 13.9. The van der Waals surface area contributed by atoms with Crippen molar-refractivity contribution in [2.75, 3.05) is 6.26 Å². The van der Waals surface area contributed by atoms with Crippen LogP contribution in [0.5, 0.6) is 0 Å². The van der Waals surface area contributed by atoms with E-state index in [-0.39, 0.29) is 0 Å². The van der Waals surface area contributed by atoms with Crippen molar-refractivity contribution in [1.29, 1.82) is 0 Å². The summed E-state index contributed by atoms with van der Waals surface area (Å²) in [6.07, 6.45) is 3.76. The van der Waals surface area contributed by atoms with Crippen LogP contribution < -0.4 is 0 Å². The molecular weight excluding hydrogens is 314 g/mol. The van der Waals surface area contributed by atoms with Gasteiger partial charge in [0.2, 0.25) is 0 Å². The molecule has 0 spiro atoms. The Morgan fingerprint density at radius 3 is 2.64 bits per heavy atom. The number of nitrogens with zero attached hydrogens (tertiary/aromatic N) is 3. The quantitative estimate of drug-likeness (QED) is 0.754. The van der Waals surface area contributed by atoms with E-state index in [9.17, 15) is 0 Å². The molecule has 0 radical (unpaired) electrons. The highest BCUT2D eigenvalue weighted by atomic mass is 35.5. The zero-order chi connectivity index (χ0) is 15.7. The van der Waals surface area contributed by atoms with E-state index in [1.54, 1.807) is 6.20 Å². The van der Waals surface area contributed by atoms with Crippen LogP contribution in [0, 0.1) is 6.92 Å². The van der Waals surface area contributed by atoms with E-state index < -0.39 is 0 Å². The summed E-state index contributed by atoms with van der Waals surface area (Å²) in [5.74, 6) is 0. The molecule has 110 valence electrons. The van der Waals surface area contributed by atoms with Gasteiger partial charge < -0.3 is 0 Å². The zero-order valence-electron chi connectivity index (χ0n) is 12.3. The highest BCUT2D eigenvalue weighted by molar-refractivity contribution is 8.13. The van der Waals surface area contributed by atoms with E-state index >= 15 is 0 Å². The lowest BCUT2D eigenvalue weighted by Crippen LogP contribution is -2.05. The van der Waals surface area contributed by atoms with E-state index in [4.69, 9.17) is 11.6 Å². The average Bonchev–Trinajstić information content (AvgIpc) is 2.64. The number of benzene rings is 1. The summed E-state index contributed by atoms with van der Waals surface area (Å²) >= 11 is 7.88. The van der Waals surface area contributed by atoms with Gasteiger partial charge in [0.05, 0.1) is 17.1 Å². The third-order valence-electron chi connectivity index (χ3n) is 3.31. The van der Waals surface area contributed by atoms with Crippen molar-refractivity contribution in [2.24, 2.45) is 9.98 Å². The summed E-state index contributed by atoms with van der Waals surface area (Å²) in [7, 11) is 0. The maximum atomic E-state index is 6.35. The number of rotatable bonds is 1. The second-order valence-corrected chi connectivity index (χ2v) is 6.05. The first-order valence-corrected chi connectivity index (χ1v) is 8.33. The lowest BCUT2D eigenvalue weighted by Gasteiger charge is -2.10. The van der Waals surface area contributed by atoms with Crippen LogP contribution >= 0.6 is 23.4 Å². The summed E-state index contributed by atoms with van der Waals surface area (Å²) in [5.41, 5.74) is 4.86.